The lowest BCUT2D eigenvalue weighted by Crippen LogP contribution is -2.36. The molecule has 0 N–H and O–H groups in total. The van der Waals surface area contributed by atoms with Crippen LogP contribution in [0.15, 0.2) is 66.7 Å². The molecule has 2 aliphatic rings. The lowest BCUT2D eigenvalue weighted by molar-refractivity contribution is -0.136. The fourth-order valence-electron chi connectivity index (χ4n) is 4.97. The quantitative estimate of drug-likeness (QED) is 0.467. The van der Waals surface area contributed by atoms with Crippen molar-refractivity contribution in [1.82, 2.24) is 14.5 Å². The molecule has 1 aromatic heterocycles. The highest BCUT2D eigenvalue weighted by Crippen LogP contribution is 2.34. The first-order chi connectivity index (χ1) is 16.2. The Morgan fingerprint density at radius 1 is 0.970 bits per heavy atom. The van der Waals surface area contributed by atoms with Crippen molar-refractivity contribution < 1.29 is 14.3 Å². The molecule has 0 saturated heterocycles. The number of hydrogen-bond donors (Lipinski definition) is 0. The molecule has 1 aliphatic carbocycles. The zero-order chi connectivity index (χ0) is 22.4. The summed E-state index contributed by atoms with van der Waals surface area (Å²) in [5.74, 6) is 2.47. The Morgan fingerprint density at radius 2 is 1.70 bits per heavy atom. The third-order valence-corrected chi connectivity index (χ3v) is 6.73. The van der Waals surface area contributed by atoms with E-state index in [0.29, 0.717) is 13.1 Å². The lowest BCUT2D eigenvalue weighted by Gasteiger charge is -2.26. The van der Waals surface area contributed by atoms with Crippen molar-refractivity contribution >= 4 is 16.9 Å². The van der Waals surface area contributed by atoms with E-state index in [1.807, 2.05) is 48.3 Å². The summed E-state index contributed by atoms with van der Waals surface area (Å²) >= 11 is 0. The van der Waals surface area contributed by atoms with Gasteiger partial charge in [0, 0.05) is 19.5 Å². The highest BCUT2D eigenvalue weighted by atomic mass is 16.7. The molecule has 6 nitrogen and oxygen atoms in total. The van der Waals surface area contributed by atoms with Crippen molar-refractivity contribution in [1.29, 1.82) is 0 Å². The molecule has 33 heavy (non-hydrogen) atoms. The summed E-state index contributed by atoms with van der Waals surface area (Å²) < 4.78 is 13.1. The maximum Gasteiger partial charge on any atom is 0.231 e. The van der Waals surface area contributed by atoms with E-state index >= 15 is 0 Å². The van der Waals surface area contributed by atoms with E-state index in [0.717, 1.165) is 46.8 Å². The number of carbonyl (C=O) groups excluding carboxylic acids is 1. The molecular formula is C27H25N3O3. The van der Waals surface area contributed by atoms with Crippen molar-refractivity contribution in [3.8, 4) is 11.5 Å². The average Bonchev–Trinajstić information content (AvgIpc) is 3.55. The first kappa shape index (κ1) is 19.9. The number of fused-ring (bicyclic) bond motifs is 3. The second-order valence-corrected chi connectivity index (χ2v) is 8.83. The van der Waals surface area contributed by atoms with Crippen LogP contribution in [0, 0.1) is 5.92 Å². The minimum atomic E-state index is -0.0499. The zero-order valence-corrected chi connectivity index (χ0v) is 18.5. The van der Waals surface area contributed by atoms with E-state index in [1.165, 1.54) is 11.1 Å². The molecule has 6 rings (SSSR count). The van der Waals surface area contributed by atoms with Crippen LogP contribution in [0.1, 0.15) is 22.5 Å². The standard InChI is InChI=1S/C27H25N3O3/c1-29-23-9-5-4-8-22(23)28-26(29)16-30(15-18-10-11-24-25(12-18)33-17-32-24)27(31)21-13-19-6-2-3-7-20(19)14-21/h2-12,21H,13-17H2,1H3. The smallest absolute Gasteiger partial charge is 0.231 e. The van der Waals surface area contributed by atoms with Crippen LogP contribution in [-0.2, 0) is 37.8 Å². The summed E-state index contributed by atoms with van der Waals surface area (Å²) in [6.07, 6.45) is 1.57. The molecular weight excluding hydrogens is 414 g/mol. The van der Waals surface area contributed by atoms with Crippen LogP contribution >= 0.6 is 0 Å². The van der Waals surface area contributed by atoms with Gasteiger partial charge in [-0.15, -0.1) is 0 Å². The number of aryl methyl sites for hydroxylation is 1. The molecule has 3 aromatic carbocycles. The number of amides is 1. The molecule has 4 aromatic rings. The van der Waals surface area contributed by atoms with Crippen LogP contribution in [0.4, 0.5) is 0 Å². The van der Waals surface area contributed by atoms with Crippen LogP contribution in [0.2, 0.25) is 0 Å². The van der Waals surface area contributed by atoms with Gasteiger partial charge < -0.3 is 18.9 Å². The van der Waals surface area contributed by atoms with Crippen LogP contribution in [0.5, 0.6) is 11.5 Å². The normalized spacial score (nSPS) is 14.6. The Hall–Kier alpha value is -3.80. The van der Waals surface area contributed by atoms with Crippen molar-refractivity contribution in [3.63, 3.8) is 0 Å². The molecule has 0 unspecified atom stereocenters. The minimum Gasteiger partial charge on any atom is -0.454 e. The van der Waals surface area contributed by atoms with E-state index in [9.17, 15) is 4.79 Å². The highest BCUT2D eigenvalue weighted by Gasteiger charge is 2.31. The molecule has 0 saturated carbocycles. The first-order valence-corrected chi connectivity index (χ1v) is 11.3. The molecule has 0 atom stereocenters. The molecule has 166 valence electrons. The van der Waals surface area contributed by atoms with Crippen molar-refractivity contribution in [2.45, 2.75) is 25.9 Å². The zero-order valence-electron chi connectivity index (χ0n) is 18.5. The second-order valence-electron chi connectivity index (χ2n) is 8.83. The summed E-state index contributed by atoms with van der Waals surface area (Å²) in [4.78, 5) is 20.6. The van der Waals surface area contributed by atoms with Gasteiger partial charge in [0.1, 0.15) is 5.82 Å². The summed E-state index contributed by atoms with van der Waals surface area (Å²) in [6.45, 7) is 1.18. The Labute approximate surface area is 192 Å². The van der Waals surface area contributed by atoms with Crippen LogP contribution in [0.3, 0.4) is 0 Å². The summed E-state index contributed by atoms with van der Waals surface area (Å²) in [5.41, 5.74) is 5.58. The minimum absolute atomic E-state index is 0.0499. The number of ether oxygens (including phenoxy) is 2. The van der Waals surface area contributed by atoms with Gasteiger partial charge in [-0.3, -0.25) is 4.79 Å². The maximum absolute atomic E-state index is 13.8. The third-order valence-electron chi connectivity index (χ3n) is 6.73. The molecule has 0 fully saturated rings. The Kier molecular flexibility index (Phi) is 4.79. The number of benzene rings is 3. The number of aromatic nitrogens is 2. The number of hydrogen-bond acceptors (Lipinski definition) is 4. The van der Waals surface area contributed by atoms with Gasteiger partial charge in [-0.05, 0) is 53.8 Å². The topological polar surface area (TPSA) is 56.6 Å². The molecule has 2 heterocycles. The predicted molar refractivity (Wildman–Crippen MR) is 125 cm³/mol. The first-order valence-electron chi connectivity index (χ1n) is 11.3. The highest BCUT2D eigenvalue weighted by molar-refractivity contribution is 5.81. The SMILES string of the molecule is Cn1c(CN(Cc2ccc3c(c2)OCO3)C(=O)C2Cc3ccccc3C2)nc2ccccc21. The molecule has 1 aliphatic heterocycles. The van der Waals surface area contributed by atoms with Gasteiger partial charge in [-0.2, -0.15) is 0 Å². The van der Waals surface area contributed by atoms with Gasteiger partial charge >= 0.3 is 0 Å². The molecule has 0 spiro atoms. The predicted octanol–water partition coefficient (Wildman–Crippen LogP) is 4.25. The lowest BCUT2D eigenvalue weighted by atomic mass is 10.0. The molecule has 1 amide bonds. The van der Waals surface area contributed by atoms with Crippen molar-refractivity contribution in [3.05, 3.63) is 89.2 Å². The van der Waals surface area contributed by atoms with Gasteiger partial charge in [0.25, 0.3) is 0 Å². The monoisotopic (exact) mass is 439 g/mol. The summed E-state index contributed by atoms with van der Waals surface area (Å²) in [6, 6.07) is 22.3. The van der Waals surface area contributed by atoms with Crippen molar-refractivity contribution in [2.75, 3.05) is 6.79 Å². The van der Waals surface area contributed by atoms with Crippen LogP contribution in [-0.4, -0.2) is 27.2 Å². The molecule has 6 heteroatoms. The van der Waals surface area contributed by atoms with Gasteiger partial charge in [0.15, 0.2) is 11.5 Å². The van der Waals surface area contributed by atoms with E-state index in [1.54, 1.807) is 0 Å². The molecule has 0 radical (unpaired) electrons. The summed E-state index contributed by atoms with van der Waals surface area (Å²) in [5, 5.41) is 0. The number of rotatable bonds is 5. The Balaban J connectivity index is 1.31. The largest absolute Gasteiger partial charge is 0.454 e. The van der Waals surface area contributed by atoms with E-state index in [-0.39, 0.29) is 18.6 Å². The Morgan fingerprint density at radius 3 is 2.48 bits per heavy atom. The molecule has 0 bridgehead atoms. The van der Waals surface area contributed by atoms with Gasteiger partial charge in [-0.1, -0.05) is 42.5 Å². The van der Waals surface area contributed by atoms with E-state index in [4.69, 9.17) is 14.5 Å². The van der Waals surface area contributed by atoms with Crippen molar-refractivity contribution in [2.24, 2.45) is 13.0 Å². The fourth-order valence-corrected chi connectivity index (χ4v) is 4.97. The third kappa shape index (κ3) is 3.61. The number of para-hydroxylation sites is 2. The van der Waals surface area contributed by atoms with E-state index in [2.05, 4.69) is 34.9 Å². The fraction of sp³-hybridized carbons (Fsp3) is 0.259. The van der Waals surface area contributed by atoms with Gasteiger partial charge in [-0.25, -0.2) is 4.98 Å². The number of imidazole rings is 1. The van der Waals surface area contributed by atoms with Gasteiger partial charge in [0.2, 0.25) is 12.7 Å². The Bertz CT molecular complexity index is 1330. The second kappa shape index (κ2) is 7.96. The number of carbonyl (C=O) groups is 1. The number of nitrogens with zero attached hydrogens (tertiary/aromatic N) is 3. The van der Waals surface area contributed by atoms with Gasteiger partial charge in [0.05, 0.1) is 17.6 Å². The van der Waals surface area contributed by atoms with Crippen LogP contribution in [0.25, 0.3) is 11.0 Å². The van der Waals surface area contributed by atoms with Crippen LogP contribution < -0.4 is 9.47 Å². The maximum atomic E-state index is 13.8. The average molecular weight is 440 g/mol. The van der Waals surface area contributed by atoms with E-state index < -0.39 is 0 Å². The summed E-state index contributed by atoms with van der Waals surface area (Å²) in [7, 11) is 2.01.